The van der Waals surface area contributed by atoms with Crippen LogP contribution in [0.1, 0.15) is 5.56 Å². The van der Waals surface area contributed by atoms with Crippen LogP contribution >= 0.6 is 11.8 Å². The van der Waals surface area contributed by atoms with E-state index in [-0.39, 0.29) is 6.61 Å². The van der Waals surface area contributed by atoms with E-state index >= 15 is 0 Å². The van der Waals surface area contributed by atoms with Gasteiger partial charge >= 0.3 is 6.09 Å². The van der Waals surface area contributed by atoms with Gasteiger partial charge in [0.15, 0.2) is 11.5 Å². The summed E-state index contributed by atoms with van der Waals surface area (Å²) >= 11 is 1.63. The molecule has 0 radical (unpaired) electrons. The van der Waals surface area contributed by atoms with Gasteiger partial charge < -0.3 is 25.3 Å². The monoisotopic (exact) mass is 300 g/mol. The molecule has 0 heterocycles. The van der Waals surface area contributed by atoms with Crippen LogP contribution in [0.5, 0.6) is 11.5 Å². The molecule has 0 saturated heterocycles. The second kappa shape index (κ2) is 8.55. The van der Waals surface area contributed by atoms with E-state index in [1.807, 2.05) is 18.4 Å². The Kier molecular flexibility index (Phi) is 7.03. The fourth-order valence-electron chi connectivity index (χ4n) is 1.68. The van der Waals surface area contributed by atoms with E-state index in [1.165, 1.54) is 0 Å². The Bertz CT molecular complexity index is 454. The summed E-state index contributed by atoms with van der Waals surface area (Å²) in [5.74, 6) is 1.40. The summed E-state index contributed by atoms with van der Waals surface area (Å²) in [7, 11) is 3.22. The molecule has 0 aliphatic carbocycles. The third kappa shape index (κ3) is 4.82. The number of hydrogen-bond acceptors (Lipinski definition) is 6. The minimum atomic E-state index is -0.761. The van der Waals surface area contributed by atoms with Crippen molar-refractivity contribution in [2.75, 3.05) is 33.6 Å². The van der Waals surface area contributed by atoms with Gasteiger partial charge in [-0.15, -0.1) is 11.8 Å². The van der Waals surface area contributed by atoms with E-state index in [4.69, 9.17) is 15.2 Å². The van der Waals surface area contributed by atoms with Crippen LogP contribution in [0.4, 0.5) is 4.79 Å². The van der Waals surface area contributed by atoms with Crippen LogP contribution in [0.3, 0.4) is 0 Å². The first-order valence-corrected chi connectivity index (χ1v) is 7.26. The fraction of sp³-hybridized carbons (Fsp3) is 0.462. The van der Waals surface area contributed by atoms with Crippen LogP contribution in [-0.4, -0.2) is 39.7 Å². The highest BCUT2D eigenvalue weighted by Gasteiger charge is 2.10. The van der Waals surface area contributed by atoms with Gasteiger partial charge in [0.1, 0.15) is 6.61 Å². The van der Waals surface area contributed by atoms with Gasteiger partial charge in [-0.1, -0.05) is 0 Å². The summed E-state index contributed by atoms with van der Waals surface area (Å²) in [5.41, 5.74) is 5.97. The average molecular weight is 300 g/mol. The van der Waals surface area contributed by atoms with E-state index in [0.29, 0.717) is 24.6 Å². The Morgan fingerprint density at radius 1 is 1.30 bits per heavy atom. The lowest BCUT2D eigenvalue weighted by Crippen LogP contribution is -2.23. The number of thioether (sulfide) groups is 1. The summed E-state index contributed by atoms with van der Waals surface area (Å²) in [6, 6.07) is 3.88. The molecule has 0 spiro atoms. The van der Waals surface area contributed by atoms with Crippen molar-refractivity contribution in [1.82, 2.24) is 5.32 Å². The Labute approximate surface area is 123 Å². The Hall–Kier alpha value is -1.60. The maximum absolute atomic E-state index is 10.4. The number of carbonyl (C=O) groups is 1. The van der Waals surface area contributed by atoms with E-state index in [1.54, 1.807) is 26.0 Å². The summed E-state index contributed by atoms with van der Waals surface area (Å²) in [5, 5.41) is 3.18. The van der Waals surface area contributed by atoms with E-state index in [9.17, 15) is 4.79 Å². The number of methoxy groups -OCH3 is 2. The van der Waals surface area contributed by atoms with Gasteiger partial charge in [0.05, 0.1) is 14.2 Å². The number of nitrogens with two attached hydrogens (primary N) is 1. The summed E-state index contributed by atoms with van der Waals surface area (Å²) in [6.07, 6.45) is 1.24. The smallest absolute Gasteiger partial charge is 0.404 e. The third-order valence-corrected chi connectivity index (χ3v) is 3.45. The second-order valence-electron chi connectivity index (χ2n) is 3.86. The van der Waals surface area contributed by atoms with E-state index in [2.05, 4.69) is 10.1 Å². The van der Waals surface area contributed by atoms with Crippen molar-refractivity contribution in [3.63, 3.8) is 0 Å². The van der Waals surface area contributed by atoms with Crippen molar-refractivity contribution in [2.24, 2.45) is 5.73 Å². The van der Waals surface area contributed by atoms with E-state index < -0.39 is 6.09 Å². The maximum atomic E-state index is 10.4. The molecule has 7 heteroatoms. The van der Waals surface area contributed by atoms with Gasteiger partial charge in [0.2, 0.25) is 0 Å². The molecular formula is C13H20N2O4S. The zero-order valence-corrected chi connectivity index (χ0v) is 12.7. The largest absolute Gasteiger partial charge is 0.493 e. The van der Waals surface area contributed by atoms with Gasteiger partial charge in [0, 0.05) is 18.0 Å². The zero-order valence-electron chi connectivity index (χ0n) is 11.9. The molecule has 1 amide bonds. The minimum Gasteiger partial charge on any atom is -0.493 e. The molecule has 1 rings (SSSR count). The molecule has 0 saturated carbocycles. The fourth-order valence-corrected chi connectivity index (χ4v) is 2.30. The summed E-state index contributed by atoms with van der Waals surface area (Å²) < 4.78 is 15.2. The van der Waals surface area contributed by atoms with Gasteiger partial charge in [-0.2, -0.15) is 0 Å². The molecule has 0 aliphatic rings. The van der Waals surface area contributed by atoms with Crippen LogP contribution in [0.2, 0.25) is 0 Å². The van der Waals surface area contributed by atoms with Crippen LogP contribution in [0, 0.1) is 0 Å². The van der Waals surface area contributed by atoms with Crippen molar-refractivity contribution in [1.29, 1.82) is 0 Å². The summed E-state index contributed by atoms with van der Waals surface area (Å²) in [6.45, 7) is 1.42. The highest BCUT2D eigenvalue weighted by atomic mass is 32.2. The number of primary amides is 1. The molecule has 0 bridgehead atoms. The van der Waals surface area contributed by atoms with Crippen LogP contribution in [-0.2, 0) is 11.3 Å². The first-order chi connectivity index (χ1) is 9.62. The predicted octanol–water partition coefficient (Wildman–Crippen LogP) is 1.61. The van der Waals surface area contributed by atoms with Crippen molar-refractivity contribution >= 4 is 17.9 Å². The number of nitrogens with one attached hydrogen (secondary N) is 1. The van der Waals surface area contributed by atoms with Gasteiger partial charge in [-0.25, -0.2) is 4.79 Å². The quantitative estimate of drug-likeness (QED) is 0.560. The summed E-state index contributed by atoms with van der Waals surface area (Å²) in [4.78, 5) is 11.5. The highest BCUT2D eigenvalue weighted by Crippen LogP contribution is 2.34. The van der Waals surface area contributed by atoms with Crippen molar-refractivity contribution in [3.05, 3.63) is 17.7 Å². The molecule has 0 unspecified atom stereocenters. The van der Waals surface area contributed by atoms with Crippen molar-refractivity contribution < 1.29 is 19.0 Å². The molecule has 1 aromatic carbocycles. The topological polar surface area (TPSA) is 82.8 Å². The molecule has 6 nitrogen and oxygen atoms in total. The van der Waals surface area contributed by atoms with Crippen molar-refractivity contribution in [2.45, 2.75) is 11.4 Å². The Balaban J connectivity index is 2.66. The standard InChI is InChI=1S/C13H20N2O4S/c1-17-10-6-9(8-15-4-5-19-13(14)16)12(20-3)7-11(10)18-2/h6-7,15H,4-5,8H2,1-3H3,(H2,14,16). The van der Waals surface area contributed by atoms with Crippen LogP contribution in [0.15, 0.2) is 17.0 Å². The number of rotatable bonds is 8. The lowest BCUT2D eigenvalue weighted by molar-refractivity contribution is 0.157. The predicted molar refractivity (Wildman–Crippen MR) is 78.6 cm³/mol. The minimum absolute atomic E-state index is 0.247. The maximum Gasteiger partial charge on any atom is 0.404 e. The molecule has 20 heavy (non-hydrogen) atoms. The Morgan fingerprint density at radius 3 is 2.50 bits per heavy atom. The second-order valence-corrected chi connectivity index (χ2v) is 4.71. The number of hydrogen-bond donors (Lipinski definition) is 2. The molecule has 112 valence electrons. The number of ether oxygens (including phenoxy) is 3. The SMILES string of the molecule is COc1cc(CNCCOC(N)=O)c(SC)cc1OC. The zero-order chi connectivity index (χ0) is 15.0. The van der Waals surface area contributed by atoms with Crippen LogP contribution < -0.4 is 20.5 Å². The van der Waals surface area contributed by atoms with Crippen LogP contribution in [0.25, 0.3) is 0 Å². The Morgan fingerprint density at radius 2 is 1.95 bits per heavy atom. The number of carbonyl (C=O) groups excluding carboxylic acids is 1. The highest BCUT2D eigenvalue weighted by molar-refractivity contribution is 7.98. The van der Waals surface area contributed by atoms with Gasteiger partial charge in [0.25, 0.3) is 0 Å². The normalized spacial score (nSPS) is 10.2. The van der Waals surface area contributed by atoms with E-state index in [0.717, 1.165) is 10.5 Å². The molecular weight excluding hydrogens is 280 g/mol. The van der Waals surface area contributed by atoms with Crippen molar-refractivity contribution in [3.8, 4) is 11.5 Å². The first kappa shape index (κ1) is 16.5. The molecule has 0 fully saturated rings. The van der Waals surface area contributed by atoms with Gasteiger partial charge in [-0.05, 0) is 24.0 Å². The van der Waals surface area contributed by atoms with Gasteiger partial charge in [-0.3, -0.25) is 0 Å². The molecule has 0 atom stereocenters. The third-order valence-electron chi connectivity index (χ3n) is 2.63. The lowest BCUT2D eigenvalue weighted by Gasteiger charge is -2.14. The first-order valence-electron chi connectivity index (χ1n) is 6.04. The number of benzene rings is 1. The molecule has 0 aliphatic heterocycles. The number of amides is 1. The average Bonchev–Trinajstić information content (AvgIpc) is 2.45. The molecule has 1 aromatic rings. The molecule has 3 N–H and O–H groups in total. The molecule has 0 aromatic heterocycles. The lowest BCUT2D eigenvalue weighted by atomic mass is 10.2.